The first-order valence-corrected chi connectivity index (χ1v) is 3.56. The highest BCUT2D eigenvalue weighted by Crippen LogP contribution is 2.26. The third-order valence-electron chi connectivity index (χ3n) is 1.71. The van der Waals surface area contributed by atoms with E-state index in [9.17, 15) is 9.59 Å². The molecule has 0 aromatic rings. The molecule has 0 spiro atoms. The maximum absolute atomic E-state index is 11.0. The van der Waals surface area contributed by atoms with E-state index in [0.717, 1.165) is 0 Å². The molecular weight excluding hydrogens is 146 g/mol. The number of hydrogen-bond acceptors (Lipinski definition) is 4. The summed E-state index contributed by atoms with van der Waals surface area (Å²) >= 11 is 0. The Kier molecular flexibility index (Phi) is 1.95. The normalized spacial score (nSPS) is 20.7. The van der Waals surface area contributed by atoms with Crippen molar-refractivity contribution in [3.05, 3.63) is 0 Å². The van der Waals surface area contributed by atoms with Crippen LogP contribution in [0, 0.1) is 0 Å². The molecule has 0 aromatic carbocycles. The number of carbonyl (C=O) groups excluding carboxylic acids is 2. The summed E-state index contributed by atoms with van der Waals surface area (Å²) in [5.74, 6) is -0.430. The van der Waals surface area contributed by atoms with E-state index in [4.69, 9.17) is 5.73 Å². The summed E-state index contributed by atoms with van der Waals surface area (Å²) in [5, 5.41) is 0. The molecule has 0 bridgehead atoms. The number of hydrogen-bond donors (Lipinski definition) is 1. The summed E-state index contributed by atoms with van der Waals surface area (Å²) in [6.07, 6.45) is 0.262. The van der Waals surface area contributed by atoms with Crippen molar-refractivity contribution in [2.24, 2.45) is 5.73 Å². The van der Waals surface area contributed by atoms with E-state index in [-0.39, 0.29) is 18.6 Å². The summed E-state index contributed by atoms with van der Waals surface area (Å²) in [6.45, 7) is 2.02. The maximum atomic E-state index is 11.0. The fourth-order valence-corrected chi connectivity index (χ4v) is 1.07. The molecule has 4 nitrogen and oxygen atoms in total. The second-order valence-corrected chi connectivity index (χ2v) is 2.77. The van der Waals surface area contributed by atoms with Crippen molar-refractivity contribution in [1.82, 2.24) is 0 Å². The van der Waals surface area contributed by atoms with E-state index in [1.54, 1.807) is 6.92 Å². The molecule has 0 saturated heterocycles. The fraction of sp³-hybridized carbons (Fsp3) is 0.714. The Morgan fingerprint density at radius 1 is 1.73 bits per heavy atom. The molecule has 1 aliphatic carbocycles. The first-order valence-electron chi connectivity index (χ1n) is 3.56. The second kappa shape index (κ2) is 2.62. The molecule has 0 unspecified atom stereocenters. The van der Waals surface area contributed by atoms with Gasteiger partial charge >= 0.3 is 5.97 Å². The zero-order valence-electron chi connectivity index (χ0n) is 6.42. The van der Waals surface area contributed by atoms with Gasteiger partial charge in [0.25, 0.3) is 0 Å². The Morgan fingerprint density at radius 2 is 2.27 bits per heavy atom. The van der Waals surface area contributed by atoms with Crippen LogP contribution < -0.4 is 5.73 Å². The smallest absolute Gasteiger partial charge is 0.327 e. The minimum atomic E-state index is -1.01. The third-order valence-corrected chi connectivity index (χ3v) is 1.71. The Labute approximate surface area is 64.7 Å². The molecule has 0 aromatic heterocycles. The lowest BCUT2D eigenvalue weighted by Gasteiger charge is -2.33. The molecule has 0 aliphatic heterocycles. The van der Waals surface area contributed by atoms with Gasteiger partial charge in [0, 0.05) is 12.8 Å². The molecule has 0 radical (unpaired) electrons. The molecule has 4 heteroatoms. The average Bonchev–Trinajstić information content (AvgIpc) is 1.85. The zero-order chi connectivity index (χ0) is 8.48. The number of carbonyl (C=O) groups is 2. The lowest BCUT2D eigenvalue weighted by atomic mass is 9.76. The minimum absolute atomic E-state index is 0.0283. The first-order chi connectivity index (χ1) is 5.08. The summed E-state index contributed by atoms with van der Waals surface area (Å²) in [5.41, 5.74) is 4.52. The van der Waals surface area contributed by atoms with Crippen LogP contribution >= 0.6 is 0 Å². The number of nitrogens with two attached hydrogens (primary N) is 1. The van der Waals surface area contributed by atoms with E-state index in [0.29, 0.717) is 6.61 Å². The van der Waals surface area contributed by atoms with Crippen molar-refractivity contribution < 1.29 is 14.3 Å². The highest BCUT2D eigenvalue weighted by Gasteiger charge is 2.47. The number of esters is 1. The van der Waals surface area contributed by atoms with Crippen LogP contribution in [0.25, 0.3) is 0 Å². The molecule has 0 amide bonds. The molecule has 1 aliphatic rings. The lowest BCUT2D eigenvalue weighted by Crippen LogP contribution is -2.59. The van der Waals surface area contributed by atoms with Gasteiger partial charge in [-0.25, -0.2) is 0 Å². The number of ketones is 1. The van der Waals surface area contributed by atoms with Crippen LogP contribution in [0.3, 0.4) is 0 Å². The molecule has 0 heterocycles. The molecule has 1 saturated carbocycles. The average molecular weight is 157 g/mol. The van der Waals surface area contributed by atoms with Crippen molar-refractivity contribution in [1.29, 1.82) is 0 Å². The molecule has 1 fully saturated rings. The van der Waals surface area contributed by atoms with Gasteiger partial charge in [-0.1, -0.05) is 0 Å². The van der Waals surface area contributed by atoms with Gasteiger partial charge in [-0.15, -0.1) is 0 Å². The summed E-state index contributed by atoms with van der Waals surface area (Å²) in [7, 11) is 0. The topological polar surface area (TPSA) is 69.4 Å². The van der Waals surface area contributed by atoms with Gasteiger partial charge in [0.05, 0.1) is 6.61 Å². The fourth-order valence-electron chi connectivity index (χ4n) is 1.07. The minimum Gasteiger partial charge on any atom is -0.465 e. The first kappa shape index (κ1) is 8.20. The highest BCUT2D eigenvalue weighted by atomic mass is 16.5. The van der Waals surface area contributed by atoms with Gasteiger partial charge in [-0.3, -0.25) is 9.59 Å². The second-order valence-electron chi connectivity index (χ2n) is 2.77. The predicted octanol–water partition coefficient (Wildman–Crippen LogP) is -0.390. The number of ether oxygens (including phenoxy) is 1. The van der Waals surface area contributed by atoms with E-state index < -0.39 is 11.5 Å². The van der Waals surface area contributed by atoms with Crippen LogP contribution in [-0.4, -0.2) is 23.9 Å². The Balaban J connectivity index is 2.47. The van der Waals surface area contributed by atoms with E-state index in [1.165, 1.54) is 0 Å². The van der Waals surface area contributed by atoms with Gasteiger partial charge in [0.2, 0.25) is 0 Å². The van der Waals surface area contributed by atoms with Gasteiger partial charge in [-0.05, 0) is 6.92 Å². The Bertz CT molecular complexity index is 192. The molecule has 2 N–H and O–H groups in total. The monoisotopic (exact) mass is 157 g/mol. The van der Waals surface area contributed by atoms with Crippen LogP contribution in [0.4, 0.5) is 0 Å². The largest absolute Gasteiger partial charge is 0.465 e. The summed E-state index contributed by atoms with van der Waals surface area (Å²) in [4.78, 5) is 21.5. The van der Waals surface area contributed by atoms with Crippen LogP contribution in [0.2, 0.25) is 0 Å². The van der Waals surface area contributed by atoms with Gasteiger partial charge in [-0.2, -0.15) is 0 Å². The third kappa shape index (κ3) is 1.40. The Morgan fingerprint density at radius 3 is 2.64 bits per heavy atom. The van der Waals surface area contributed by atoms with Crippen LogP contribution in [0.5, 0.6) is 0 Å². The predicted molar refractivity (Wildman–Crippen MR) is 37.8 cm³/mol. The van der Waals surface area contributed by atoms with Crippen LogP contribution in [0.1, 0.15) is 19.8 Å². The summed E-state index contributed by atoms with van der Waals surface area (Å²) < 4.78 is 4.68. The van der Waals surface area contributed by atoms with Crippen molar-refractivity contribution >= 4 is 11.8 Å². The van der Waals surface area contributed by atoms with Crippen LogP contribution in [0.15, 0.2) is 0 Å². The highest BCUT2D eigenvalue weighted by molar-refractivity contribution is 6.00. The number of Topliss-reactive ketones (excluding diaryl/α,β-unsaturated/α-hetero) is 1. The molecule has 0 atom stereocenters. The van der Waals surface area contributed by atoms with Crippen molar-refractivity contribution in [2.75, 3.05) is 6.61 Å². The van der Waals surface area contributed by atoms with E-state index in [1.807, 2.05) is 0 Å². The standard InChI is InChI=1S/C7H11NO3/c1-2-11-6(10)7(8)3-5(9)4-7/h2-4,8H2,1H3. The van der Waals surface area contributed by atoms with Crippen molar-refractivity contribution in [3.8, 4) is 0 Å². The quantitative estimate of drug-likeness (QED) is 0.554. The summed E-state index contributed by atoms with van der Waals surface area (Å²) in [6, 6.07) is 0. The van der Waals surface area contributed by atoms with Crippen molar-refractivity contribution in [2.45, 2.75) is 25.3 Å². The van der Waals surface area contributed by atoms with E-state index >= 15 is 0 Å². The molecule has 1 rings (SSSR count). The van der Waals surface area contributed by atoms with Gasteiger partial charge < -0.3 is 10.5 Å². The van der Waals surface area contributed by atoms with Gasteiger partial charge in [0.15, 0.2) is 0 Å². The molecule has 62 valence electrons. The van der Waals surface area contributed by atoms with Gasteiger partial charge in [0.1, 0.15) is 11.3 Å². The van der Waals surface area contributed by atoms with Crippen molar-refractivity contribution in [3.63, 3.8) is 0 Å². The molecule has 11 heavy (non-hydrogen) atoms. The van der Waals surface area contributed by atoms with E-state index in [2.05, 4.69) is 4.74 Å². The lowest BCUT2D eigenvalue weighted by molar-refractivity contribution is -0.157. The van der Waals surface area contributed by atoms with Crippen LogP contribution in [-0.2, 0) is 14.3 Å². The molecular formula is C7H11NO3. The maximum Gasteiger partial charge on any atom is 0.327 e. The zero-order valence-corrected chi connectivity index (χ0v) is 6.42. The SMILES string of the molecule is CCOC(=O)C1(N)CC(=O)C1. The number of rotatable bonds is 2. The Hall–Kier alpha value is -0.900.